The number of rotatable bonds is 6. The molecule has 0 fully saturated rings. The highest BCUT2D eigenvalue weighted by molar-refractivity contribution is 5.93. The Hall–Kier alpha value is -3.78. The molecular weight excluding hydrogens is 416 g/mol. The maximum absolute atomic E-state index is 12.7. The minimum absolute atomic E-state index is 0.254. The predicted octanol–water partition coefficient (Wildman–Crippen LogP) is 3.36. The minimum atomic E-state index is -0.286. The second kappa shape index (κ2) is 8.99. The van der Waals surface area contributed by atoms with E-state index in [1.54, 1.807) is 10.7 Å². The van der Waals surface area contributed by atoms with Gasteiger partial charge in [0.1, 0.15) is 0 Å². The highest BCUT2D eigenvalue weighted by atomic mass is 16.5. The number of benzene rings is 2. The zero-order valence-electron chi connectivity index (χ0n) is 18.8. The summed E-state index contributed by atoms with van der Waals surface area (Å²) in [6.07, 6.45) is 0.921. The number of hydrogen-bond donors (Lipinski definition) is 1. The van der Waals surface area contributed by atoms with Crippen LogP contribution in [-0.4, -0.2) is 37.5 Å². The van der Waals surface area contributed by atoms with Crippen LogP contribution < -0.4 is 5.32 Å². The quantitative estimate of drug-likeness (QED) is 0.493. The van der Waals surface area contributed by atoms with Gasteiger partial charge >= 0.3 is 0 Å². The summed E-state index contributed by atoms with van der Waals surface area (Å²) in [7, 11) is 0. The number of fused-ring (bicyclic) bond motifs is 1. The van der Waals surface area contributed by atoms with Gasteiger partial charge in [0.15, 0.2) is 11.5 Å². The van der Waals surface area contributed by atoms with Crippen molar-refractivity contribution in [3.8, 4) is 5.69 Å². The van der Waals surface area contributed by atoms with E-state index < -0.39 is 0 Å². The van der Waals surface area contributed by atoms with E-state index in [1.807, 2.05) is 32.0 Å². The molecule has 0 saturated heterocycles. The van der Waals surface area contributed by atoms with Gasteiger partial charge in [-0.25, -0.2) is 4.68 Å². The number of nitrogens with zero attached hydrogens (tertiary/aromatic N) is 5. The summed E-state index contributed by atoms with van der Waals surface area (Å²) in [4.78, 5) is 15.2. The normalized spacial score (nSPS) is 13.6. The Morgan fingerprint density at radius 3 is 2.76 bits per heavy atom. The molecule has 3 heterocycles. The van der Waals surface area contributed by atoms with Crippen molar-refractivity contribution in [2.24, 2.45) is 0 Å². The molecule has 0 spiro atoms. The van der Waals surface area contributed by atoms with Gasteiger partial charge in [0.25, 0.3) is 5.91 Å². The summed E-state index contributed by atoms with van der Waals surface area (Å²) in [6.45, 7) is 6.75. The van der Waals surface area contributed by atoms with Gasteiger partial charge in [-0.2, -0.15) is 0 Å². The third-order valence-corrected chi connectivity index (χ3v) is 6.01. The molecule has 1 aliphatic heterocycles. The summed E-state index contributed by atoms with van der Waals surface area (Å²) in [5.41, 5.74) is 6.65. The largest absolute Gasteiger partial charge is 0.359 e. The molecule has 4 aromatic rings. The van der Waals surface area contributed by atoms with Crippen LogP contribution in [0.4, 0.5) is 0 Å². The first-order valence-electron chi connectivity index (χ1n) is 11.1. The van der Waals surface area contributed by atoms with Crippen LogP contribution in [-0.2, 0) is 26.1 Å². The molecule has 0 radical (unpaired) electrons. The van der Waals surface area contributed by atoms with Crippen LogP contribution in [0.25, 0.3) is 5.69 Å². The van der Waals surface area contributed by atoms with Gasteiger partial charge in [-0.3, -0.25) is 9.69 Å². The number of aryl methyl sites for hydroxylation is 1. The van der Waals surface area contributed by atoms with Crippen LogP contribution >= 0.6 is 0 Å². The fourth-order valence-corrected chi connectivity index (χ4v) is 4.34. The summed E-state index contributed by atoms with van der Waals surface area (Å²) < 4.78 is 6.93. The van der Waals surface area contributed by atoms with Gasteiger partial charge in [0.2, 0.25) is 0 Å². The number of aromatic nitrogens is 4. The highest BCUT2D eigenvalue weighted by Crippen LogP contribution is 2.27. The van der Waals surface area contributed by atoms with Crippen LogP contribution in [0.2, 0.25) is 0 Å². The molecule has 1 amide bonds. The van der Waals surface area contributed by atoms with Crippen LogP contribution in [0.3, 0.4) is 0 Å². The fourth-order valence-electron chi connectivity index (χ4n) is 4.34. The van der Waals surface area contributed by atoms with Gasteiger partial charge in [0.05, 0.1) is 23.6 Å². The van der Waals surface area contributed by atoms with E-state index in [2.05, 4.69) is 56.0 Å². The van der Waals surface area contributed by atoms with Crippen LogP contribution in [0, 0.1) is 13.8 Å². The first-order valence-corrected chi connectivity index (χ1v) is 11.1. The number of hydrogen-bond acceptors (Lipinski definition) is 6. The second-order valence-corrected chi connectivity index (χ2v) is 8.41. The van der Waals surface area contributed by atoms with Crippen molar-refractivity contribution in [1.82, 2.24) is 30.4 Å². The van der Waals surface area contributed by atoms with Crippen molar-refractivity contribution >= 4 is 5.91 Å². The summed E-state index contributed by atoms with van der Waals surface area (Å²) in [6, 6.07) is 18.6. The lowest BCUT2D eigenvalue weighted by atomic mass is 9.97. The predicted molar refractivity (Wildman–Crippen MR) is 123 cm³/mol. The van der Waals surface area contributed by atoms with Crippen molar-refractivity contribution in [2.45, 2.75) is 39.9 Å². The van der Waals surface area contributed by atoms with Gasteiger partial charge in [-0.15, -0.1) is 5.10 Å². The third-order valence-electron chi connectivity index (χ3n) is 6.01. The van der Waals surface area contributed by atoms with E-state index in [0.29, 0.717) is 17.1 Å². The molecule has 2 aromatic carbocycles. The zero-order chi connectivity index (χ0) is 22.8. The van der Waals surface area contributed by atoms with E-state index in [9.17, 15) is 4.79 Å². The van der Waals surface area contributed by atoms with E-state index in [0.717, 1.165) is 37.4 Å². The number of carbonyl (C=O) groups excluding carboxylic acids is 1. The lowest BCUT2D eigenvalue weighted by Gasteiger charge is -2.30. The van der Waals surface area contributed by atoms with E-state index in [4.69, 9.17) is 4.52 Å². The van der Waals surface area contributed by atoms with Crippen LogP contribution in [0.1, 0.15) is 44.3 Å². The molecule has 0 atom stereocenters. The van der Waals surface area contributed by atoms with E-state index in [-0.39, 0.29) is 12.5 Å². The Kier molecular flexibility index (Phi) is 5.75. The molecule has 0 aliphatic carbocycles. The average Bonchev–Trinajstić information content (AvgIpc) is 3.42. The molecule has 1 N–H and O–H groups in total. The molecule has 0 saturated carbocycles. The summed E-state index contributed by atoms with van der Waals surface area (Å²) in [5, 5.41) is 15.2. The second-order valence-electron chi connectivity index (χ2n) is 8.41. The van der Waals surface area contributed by atoms with Crippen molar-refractivity contribution in [2.75, 3.05) is 6.54 Å². The van der Waals surface area contributed by atoms with Crippen LogP contribution in [0.5, 0.6) is 0 Å². The van der Waals surface area contributed by atoms with Gasteiger partial charge in [-0.05, 0) is 43.0 Å². The molecule has 168 valence electrons. The Morgan fingerprint density at radius 2 is 1.97 bits per heavy atom. The summed E-state index contributed by atoms with van der Waals surface area (Å²) >= 11 is 0. The first-order chi connectivity index (χ1) is 16.1. The molecule has 33 heavy (non-hydrogen) atoms. The first kappa shape index (κ1) is 21.1. The van der Waals surface area contributed by atoms with E-state index >= 15 is 0 Å². The van der Waals surface area contributed by atoms with Gasteiger partial charge < -0.3 is 9.84 Å². The maximum atomic E-state index is 12.7. The Balaban J connectivity index is 1.33. The lowest BCUT2D eigenvalue weighted by molar-refractivity contribution is 0.0941. The fraction of sp³-hybridized carbons (Fsp3) is 0.280. The Morgan fingerprint density at radius 1 is 1.12 bits per heavy atom. The Bertz CT molecular complexity index is 1280. The number of nitrogens with one attached hydrogen (secondary N) is 1. The van der Waals surface area contributed by atoms with Crippen molar-refractivity contribution < 1.29 is 9.32 Å². The van der Waals surface area contributed by atoms with E-state index in [1.165, 1.54) is 16.7 Å². The average molecular weight is 443 g/mol. The zero-order valence-corrected chi connectivity index (χ0v) is 18.8. The van der Waals surface area contributed by atoms with Gasteiger partial charge in [0, 0.05) is 25.7 Å². The standard InChI is InChI=1S/C25H26N6O2/c1-17-13-21(33-28-17)14-26-25(32)24-18(2)31(29-27-24)23-10-6-9-20-16-30(12-11-22(20)23)15-19-7-4-3-5-8-19/h3-10,13H,11-12,14-16H2,1-2H3,(H,26,32). The Labute approximate surface area is 192 Å². The molecule has 2 aromatic heterocycles. The lowest BCUT2D eigenvalue weighted by Crippen LogP contribution is -2.30. The van der Waals surface area contributed by atoms with Crippen molar-refractivity contribution in [3.63, 3.8) is 0 Å². The monoisotopic (exact) mass is 442 g/mol. The van der Waals surface area contributed by atoms with Gasteiger partial charge in [-0.1, -0.05) is 52.8 Å². The smallest absolute Gasteiger partial charge is 0.274 e. The van der Waals surface area contributed by atoms with Crippen molar-refractivity contribution in [1.29, 1.82) is 0 Å². The highest BCUT2D eigenvalue weighted by Gasteiger charge is 2.23. The minimum Gasteiger partial charge on any atom is -0.359 e. The summed E-state index contributed by atoms with van der Waals surface area (Å²) in [5.74, 6) is 0.315. The molecule has 0 unspecified atom stereocenters. The molecule has 0 bridgehead atoms. The number of amides is 1. The molecule has 5 rings (SSSR count). The maximum Gasteiger partial charge on any atom is 0.274 e. The molecule has 8 nitrogen and oxygen atoms in total. The SMILES string of the molecule is Cc1cc(CNC(=O)c2nnn(-c3cccc4c3CCN(Cc3ccccc3)C4)c2C)on1. The number of carbonyl (C=O) groups is 1. The molecule has 1 aliphatic rings. The molecule has 8 heteroatoms. The molecular formula is C25H26N6O2. The van der Waals surface area contributed by atoms with Crippen LogP contribution in [0.15, 0.2) is 59.1 Å². The third kappa shape index (κ3) is 4.42. The van der Waals surface area contributed by atoms with Crippen molar-refractivity contribution in [3.05, 3.63) is 94.1 Å². The topological polar surface area (TPSA) is 89.1 Å².